The van der Waals surface area contributed by atoms with Crippen molar-refractivity contribution in [3.63, 3.8) is 0 Å². The third-order valence-electron chi connectivity index (χ3n) is 10.2. The molecule has 0 amide bonds. The molecule has 0 aromatic rings. The minimum Gasteiger partial charge on any atom is -0.479 e. The van der Waals surface area contributed by atoms with Crippen molar-refractivity contribution in [1.82, 2.24) is 0 Å². The van der Waals surface area contributed by atoms with E-state index in [0.717, 1.165) is 38.5 Å². The first-order chi connectivity index (χ1) is 15.6. The summed E-state index contributed by atoms with van der Waals surface area (Å²) in [5.41, 5.74) is 3.02. The molecule has 1 saturated heterocycles. The van der Waals surface area contributed by atoms with E-state index in [1.165, 1.54) is 11.1 Å². The molecule has 7 heteroatoms. The van der Waals surface area contributed by atoms with Gasteiger partial charge in [-0.2, -0.15) is 0 Å². The van der Waals surface area contributed by atoms with Gasteiger partial charge < -0.3 is 30.3 Å². The van der Waals surface area contributed by atoms with Crippen LogP contribution in [0.15, 0.2) is 23.3 Å². The molecule has 5 N–H and O–H groups in total. The summed E-state index contributed by atoms with van der Waals surface area (Å²) in [5, 5.41) is 50.3. The molecular weight excluding hydrogens is 424 g/mol. The van der Waals surface area contributed by atoms with E-state index in [1.807, 2.05) is 0 Å². The second kappa shape index (κ2) is 8.16. The van der Waals surface area contributed by atoms with Gasteiger partial charge in [0.05, 0.1) is 12.2 Å². The zero-order valence-corrected chi connectivity index (χ0v) is 19.6. The Balaban J connectivity index is 1.36. The van der Waals surface area contributed by atoms with Gasteiger partial charge in [-0.1, -0.05) is 26.0 Å². The summed E-state index contributed by atoms with van der Waals surface area (Å²) < 4.78 is 5.64. The fraction of sp³-hybridized carbons (Fsp3) is 0.808. The van der Waals surface area contributed by atoms with Gasteiger partial charge in [0.25, 0.3) is 0 Å². The normalized spacial score (nSPS) is 51.6. The highest BCUT2D eigenvalue weighted by atomic mass is 16.6. The summed E-state index contributed by atoms with van der Waals surface area (Å²) in [4.78, 5) is 11.5. The molecule has 4 fully saturated rings. The van der Waals surface area contributed by atoms with Crippen molar-refractivity contribution in [3.05, 3.63) is 23.3 Å². The fourth-order valence-corrected chi connectivity index (χ4v) is 8.45. The maximum absolute atomic E-state index is 11.5. The molecule has 184 valence electrons. The Bertz CT molecular complexity index is 867. The predicted molar refractivity (Wildman–Crippen MR) is 120 cm³/mol. The topological polar surface area (TPSA) is 127 Å². The molecule has 0 spiro atoms. The Morgan fingerprint density at radius 2 is 1.79 bits per heavy atom. The van der Waals surface area contributed by atoms with Gasteiger partial charge in [-0.25, -0.2) is 4.79 Å². The van der Waals surface area contributed by atoms with Crippen LogP contribution in [-0.4, -0.2) is 68.1 Å². The number of fused-ring (bicyclic) bond motifs is 5. The summed E-state index contributed by atoms with van der Waals surface area (Å²) >= 11 is 0. The predicted octanol–water partition coefficient (Wildman–Crippen LogP) is 2.17. The monoisotopic (exact) mass is 462 g/mol. The molecule has 5 aliphatic rings. The van der Waals surface area contributed by atoms with E-state index in [2.05, 4.69) is 26.0 Å². The highest BCUT2D eigenvalue weighted by Gasteiger charge is 2.61. The first kappa shape index (κ1) is 23.5. The van der Waals surface area contributed by atoms with E-state index in [4.69, 9.17) is 4.74 Å². The van der Waals surface area contributed by atoms with Gasteiger partial charge in [-0.3, -0.25) is 0 Å². The number of rotatable bonds is 3. The Morgan fingerprint density at radius 3 is 2.52 bits per heavy atom. The smallest absolute Gasteiger partial charge is 0.335 e. The summed E-state index contributed by atoms with van der Waals surface area (Å²) in [6, 6.07) is 0. The van der Waals surface area contributed by atoms with Crippen LogP contribution >= 0.6 is 0 Å². The second-order valence-corrected chi connectivity index (χ2v) is 11.7. The Hall–Kier alpha value is -1.25. The van der Waals surface area contributed by atoms with E-state index in [1.54, 1.807) is 0 Å². The number of carbonyl (C=O) groups is 1. The molecule has 0 aromatic carbocycles. The van der Waals surface area contributed by atoms with Gasteiger partial charge in [0.1, 0.15) is 18.3 Å². The van der Waals surface area contributed by atoms with E-state index in [-0.39, 0.29) is 22.9 Å². The van der Waals surface area contributed by atoms with Gasteiger partial charge in [0, 0.05) is 0 Å². The SMILES string of the molecule is C[C@@]12CCC3=CC(O)CC=C3[C@H]1CC[C@]1(C)[C@@H](C[C@@H]3O[C@@H](C(=O)O)[C@@H](O)[C@H](O)[C@@H]3O)CC[C@@H]21. The molecule has 1 heterocycles. The second-order valence-electron chi connectivity index (χ2n) is 11.7. The Kier molecular flexibility index (Phi) is 5.81. The summed E-state index contributed by atoms with van der Waals surface area (Å²) in [6.07, 6.45) is 4.71. The average Bonchev–Trinajstić information content (AvgIpc) is 3.10. The van der Waals surface area contributed by atoms with Crippen molar-refractivity contribution in [2.45, 2.75) is 102 Å². The van der Waals surface area contributed by atoms with Gasteiger partial charge in [-0.15, -0.1) is 0 Å². The number of carboxylic acid groups (broad SMARTS) is 1. The van der Waals surface area contributed by atoms with Gasteiger partial charge >= 0.3 is 5.97 Å². The van der Waals surface area contributed by atoms with Crippen molar-refractivity contribution in [2.75, 3.05) is 0 Å². The zero-order valence-electron chi connectivity index (χ0n) is 19.6. The molecule has 5 rings (SSSR count). The molecule has 1 unspecified atom stereocenters. The van der Waals surface area contributed by atoms with E-state index < -0.39 is 36.5 Å². The fourth-order valence-electron chi connectivity index (χ4n) is 8.45. The standard InChI is InChI=1S/C26H38O7/c1-25-10-8-17-16-5-4-15(27)11-13(16)7-9-26(17,2)19(25)6-3-14(25)12-18-20(28)21(29)22(30)23(33-18)24(31)32/h5,11,14-15,17-23,27-30H,3-4,6-10,12H2,1-2H3,(H,31,32)/t14-,15?,17-,18+,19-,20-,21-,22+,23-,25-,26-/m1/s1. The van der Waals surface area contributed by atoms with Crippen LogP contribution in [0.3, 0.4) is 0 Å². The zero-order chi connectivity index (χ0) is 23.7. The van der Waals surface area contributed by atoms with Gasteiger partial charge in [0.15, 0.2) is 6.10 Å². The van der Waals surface area contributed by atoms with Crippen LogP contribution in [0.1, 0.15) is 65.2 Å². The lowest BCUT2D eigenvalue weighted by molar-refractivity contribution is -0.232. The third kappa shape index (κ3) is 3.54. The Morgan fingerprint density at radius 1 is 1.03 bits per heavy atom. The van der Waals surface area contributed by atoms with Crippen molar-refractivity contribution >= 4 is 5.97 Å². The highest BCUT2D eigenvalue weighted by molar-refractivity contribution is 5.73. The largest absolute Gasteiger partial charge is 0.479 e. The number of hydrogen-bond acceptors (Lipinski definition) is 6. The minimum absolute atomic E-state index is 0.0595. The maximum atomic E-state index is 11.5. The van der Waals surface area contributed by atoms with Crippen LogP contribution in [0, 0.1) is 28.6 Å². The molecule has 0 aromatic heterocycles. The van der Waals surface area contributed by atoms with Gasteiger partial charge in [0.2, 0.25) is 0 Å². The van der Waals surface area contributed by atoms with Crippen LogP contribution in [0.4, 0.5) is 0 Å². The molecule has 11 atom stereocenters. The van der Waals surface area contributed by atoms with Crippen LogP contribution < -0.4 is 0 Å². The molecule has 0 bridgehead atoms. The summed E-state index contributed by atoms with van der Waals surface area (Å²) in [6.45, 7) is 4.80. The molecular formula is C26H38O7. The highest BCUT2D eigenvalue weighted by Crippen LogP contribution is 2.69. The van der Waals surface area contributed by atoms with E-state index >= 15 is 0 Å². The summed E-state index contributed by atoms with van der Waals surface area (Å²) in [7, 11) is 0. The molecule has 7 nitrogen and oxygen atoms in total. The number of aliphatic hydroxyl groups is 4. The first-order valence-corrected chi connectivity index (χ1v) is 12.6. The first-order valence-electron chi connectivity index (χ1n) is 12.6. The summed E-state index contributed by atoms with van der Waals surface area (Å²) in [5.74, 6) is -0.0314. The third-order valence-corrected chi connectivity index (χ3v) is 10.2. The molecule has 33 heavy (non-hydrogen) atoms. The van der Waals surface area contributed by atoms with Crippen molar-refractivity contribution in [1.29, 1.82) is 0 Å². The van der Waals surface area contributed by atoms with Crippen LogP contribution in [0.5, 0.6) is 0 Å². The number of allylic oxidation sites excluding steroid dienone is 2. The number of hydrogen-bond donors (Lipinski definition) is 5. The van der Waals surface area contributed by atoms with Crippen molar-refractivity contribution < 1.29 is 35.1 Å². The van der Waals surface area contributed by atoms with Crippen molar-refractivity contribution in [2.24, 2.45) is 28.6 Å². The minimum atomic E-state index is -1.64. The molecule has 1 aliphatic heterocycles. The lowest BCUT2D eigenvalue weighted by atomic mass is 9.46. The lowest BCUT2D eigenvalue weighted by Crippen LogP contribution is -2.60. The molecule has 3 saturated carbocycles. The van der Waals surface area contributed by atoms with Gasteiger partial charge in [-0.05, 0) is 91.1 Å². The van der Waals surface area contributed by atoms with Crippen LogP contribution in [0.2, 0.25) is 0 Å². The lowest BCUT2D eigenvalue weighted by Gasteiger charge is -2.59. The van der Waals surface area contributed by atoms with E-state index in [9.17, 15) is 30.3 Å². The molecule has 4 aliphatic carbocycles. The number of carboxylic acids is 1. The van der Waals surface area contributed by atoms with E-state index in [0.29, 0.717) is 24.7 Å². The quantitative estimate of drug-likeness (QED) is 0.435. The Labute approximate surface area is 195 Å². The van der Waals surface area contributed by atoms with Crippen molar-refractivity contribution in [3.8, 4) is 0 Å². The number of aliphatic carboxylic acids is 1. The van der Waals surface area contributed by atoms with Crippen LogP contribution in [0.25, 0.3) is 0 Å². The average molecular weight is 463 g/mol. The number of ether oxygens (including phenoxy) is 1. The number of aliphatic hydroxyl groups excluding tert-OH is 4. The maximum Gasteiger partial charge on any atom is 0.335 e. The van der Waals surface area contributed by atoms with Crippen LogP contribution in [-0.2, 0) is 9.53 Å². The molecule has 0 radical (unpaired) electrons.